The molecule has 40 heavy (non-hydrogen) atoms. The minimum Gasteiger partial charge on any atom is -0.461 e. The molecule has 0 spiro atoms. The molecule has 12 heteroatoms. The van der Waals surface area contributed by atoms with Crippen molar-refractivity contribution in [3.63, 3.8) is 0 Å². The fourth-order valence-electron chi connectivity index (χ4n) is 5.55. The van der Waals surface area contributed by atoms with E-state index in [1.165, 1.54) is 12.3 Å². The molecule has 4 aromatic rings. The van der Waals surface area contributed by atoms with E-state index in [0.29, 0.717) is 40.0 Å². The number of ether oxygens (including phenoxy) is 1. The Labute approximate surface area is 225 Å². The van der Waals surface area contributed by atoms with Crippen molar-refractivity contribution in [2.75, 3.05) is 6.61 Å². The van der Waals surface area contributed by atoms with E-state index in [-0.39, 0.29) is 44.0 Å². The summed E-state index contributed by atoms with van der Waals surface area (Å²) in [5.41, 5.74) is 2.13. The van der Waals surface area contributed by atoms with Crippen LogP contribution in [0.5, 0.6) is 0 Å². The van der Waals surface area contributed by atoms with Crippen molar-refractivity contribution in [3.05, 3.63) is 95.5 Å². The van der Waals surface area contributed by atoms with E-state index in [2.05, 4.69) is 15.1 Å². The number of oxime groups is 1. The van der Waals surface area contributed by atoms with Gasteiger partial charge in [0.05, 0.1) is 53.9 Å². The average Bonchev–Trinajstić information content (AvgIpc) is 3.23. The highest BCUT2D eigenvalue weighted by Crippen LogP contribution is 2.41. The number of cyclic esters (lactones) is 1. The zero-order chi connectivity index (χ0) is 28.0. The van der Waals surface area contributed by atoms with Gasteiger partial charge in [-0.1, -0.05) is 30.3 Å². The molecule has 204 valence electrons. The van der Waals surface area contributed by atoms with E-state index in [1.807, 2.05) is 37.3 Å². The highest BCUT2D eigenvalue weighted by molar-refractivity contribution is 6.02. The fraction of sp³-hybridized carbons (Fsp3) is 0.286. The molecule has 3 aromatic heterocycles. The van der Waals surface area contributed by atoms with Crippen molar-refractivity contribution >= 4 is 23.1 Å². The van der Waals surface area contributed by atoms with Gasteiger partial charge in [-0.2, -0.15) is 0 Å². The van der Waals surface area contributed by atoms with E-state index >= 15 is 0 Å². The first-order valence-electron chi connectivity index (χ1n) is 12.8. The number of benzene rings is 1. The molecule has 1 unspecified atom stereocenters. The first-order valence-corrected chi connectivity index (χ1v) is 12.8. The molecule has 5 heterocycles. The summed E-state index contributed by atoms with van der Waals surface area (Å²) in [5, 5.41) is 15.3. The Bertz CT molecular complexity index is 1850. The van der Waals surface area contributed by atoms with Crippen molar-refractivity contribution < 1.29 is 19.5 Å². The number of pyridine rings is 2. The van der Waals surface area contributed by atoms with E-state index in [1.54, 1.807) is 4.57 Å². The molecule has 0 bridgehead atoms. The third kappa shape index (κ3) is 4.13. The van der Waals surface area contributed by atoms with Crippen molar-refractivity contribution in [3.8, 4) is 11.4 Å². The first kappa shape index (κ1) is 25.4. The third-order valence-electron chi connectivity index (χ3n) is 7.70. The number of aliphatic hydroxyl groups excluding tert-OH is 1. The summed E-state index contributed by atoms with van der Waals surface area (Å²) >= 11 is 0. The Morgan fingerprint density at radius 3 is 2.77 bits per heavy atom. The van der Waals surface area contributed by atoms with Crippen LogP contribution in [0.1, 0.15) is 47.7 Å². The van der Waals surface area contributed by atoms with Crippen LogP contribution in [0.4, 0.5) is 0 Å². The number of rotatable bonds is 6. The summed E-state index contributed by atoms with van der Waals surface area (Å²) in [7, 11) is 0. The molecule has 0 saturated carbocycles. The first-order chi connectivity index (χ1) is 19.3. The fourth-order valence-corrected chi connectivity index (χ4v) is 5.55. The number of hydrogen-bond donors (Lipinski definition) is 3. The predicted octanol–water partition coefficient (Wildman–Crippen LogP) is 1.44. The van der Waals surface area contributed by atoms with Crippen LogP contribution in [0.25, 0.3) is 22.3 Å². The molecule has 0 amide bonds. The molecule has 1 atom stereocenters. The SMILES string of the molecule is CCC1(CO)CC(=O)OCc2c1cc1n(c2=O)Cc2c-1nc1ccccc1c2/C=N/OCc1cc(=O)[nH]c(=O)[nH]1. The molecule has 2 aliphatic heterocycles. The molecule has 2 aliphatic rings. The van der Waals surface area contributed by atoms with Gasteiger partial charge in [0, 0.05) is 28.0 Å². The highest BCUT2D eigenvalue weighted by atomic mass is 16.6. The van der Waals surface area contributed by atoms with E-state index in [0.717, 1.165) is 10.9 Å². The summed E-state index contributed by atoms with van der Waals surface area (Å²) in [6.45, 7) is 1.49. The number of para-hydroxylation sites is 1. The largest absolute Gasteiger partial charge is 0.461 e. The monoisotopic (exact) mass is 543 g/mol. The van der Waals surface area contributed by atoms with Gasteiger partial charge in [-0.15, -0.1) is 0 Å². The molecule has 0 saturated heterocycles. The van der Waals surface area contributed by atoms with Gasteiger partial charge in [-0.25, -0.2) is 9.78 Å². The minimum atomic E-state index is -0.935. The van der Waals surface area contributed by atoms with E-state index in [4.69, 9.17) is 14.6 Å². The summed E-state index contributed by atoms with van der Waals surface area (Å²) in [4.78, 5) is 64.0. The highest BCUT2D eigenvalue weighted by Gasteiger charge is 2.40. The van der Waals surface area contributed by atoms with Crippen LogP contribution in [-0.4, -0.2) is 43.4 Å². The van der Waals surface area contributed by atoms with Gasteiger partial charge in [0.25, 0.3) is 11.1 Å². The van der Waals surface area contributed by atoms with Crippen LogP contribution in [0.15, 0.2) is 55.9 Å². The molecule has 12 nitrogen and oxygen atoms in total. The van der Waals surface area contributed by atoms with Gasteiger partial charge in [0.15, 0.2) is 6.61 Å². The zero-order valence-electron chi connectivity index (χ0n) is 21.5. The molecule has 0 fully saturated rings. The molecular formula is C28H25N5O7. The lowest BCUT2D eigenvalue weighted by atomic mass is 9.74. The number of carbonyl (C=O) groups excluding carboxylic acids is 1. The van der Waals surface area contributed by atoms with Crippen molar-refractivity contribution in [2.24, 2.45) is 5.16 Å². The van der Waals surface area contributed by atoms with E-state index in [9.17, 15) is 24.3 Å². The van der Waals surface area contributed by atoms with E-state index < -0.39 is 22.6 Å². The Kier molecular flexibility index (Phi) is 6.18. The van der Waals surface area contributed by atoms with Gasteiger partial charge in [0.2, 0.25) is 0 Å². The topological polar surface area (TPSA) is 169 Å². The van der Waals surface area contributed by atoms with Gasteiger partial charge >= 0.3 is 11.7 Å². The summed E-state index contributed by atoms with van der Waals surface area (Å²) in [5.74, 6) is -0.455. The minimum absolute atomic E-state index is 0.0261. The number of hydrogen-bond acceptors (Lipinski definition) is 9. The second kappa shape index (κ2) is 9.72. The number of aromatic nitrogens is 4. The van der Waals surface area contributed by atoms with Crippen LogP contribution in [0.3, 0.4) is 0 Å². The number of fused-ring (bicyclic) bond motifs is 5. The number of esters is 1. The Morgan fingerprint density at radius 1 is 1.18 bits per heavy atom. The summed E-state index contributed by atoms with van der Waals surface area (Å²) in [6.07, 6.45) is 1.95. The van der Waals surface area contributed by atoms with Gasteiger partial charge < -0.3 is 24.2 Å². The van der Waals surface area contributed by atoms with Crippen LogP contribution >= 0.6 is 0 Å². The lowest BCUT2D eigenvalue weighted by Gasteiger charge is -2.30. The molecule has 3 N–H and O–H groups in total. The molecular weight excluding hydrogens is 518 g/mol. The van der Waals surface area contributed by atoms with Gasteiger partial charge in [-0.3, -0.25) is 19.4 Å². The second-order valence-electron chi connectivity index (χ2n) is 9.93. The van der Waals surface area contributed by atoms with Crippen LogP contribution in [-0.2, 0) is 39.5 Å². The predicted molar refractivity (Wildman–Crippen MR) is 144 cm³/mol. The Morgan fingerprint density at radius 2 is 2.00 bits per heavy atom. The summed E-state index contributed by atoms with van der Waals surface area (Å²) in [6, 6.07) is 10.5. The van der Waals surface area contributed by atoms with Crippen molar-refractivity contribution in [1.29, 1.82) is 0 Å². The number of nitrogens with one attached hydrogen (secondary N) is 2. The average molecular weight is 544 g/mol. The quantitative estimate of drug-likeness (QED) is 0.164. The number of aromatic amines is 2. The normalized spacial score (nSPS) is 17.8. The van der Waals surface area contributed by atoms with Crippen molar-refractivity contribution in [1.82, 2.24) is 19.5 Å². The maximum atomic E-state index is 13.8. The lowest BCUT2D eigenvalue weighted by Crippen LogP contribution is -2.35. The van der Waals surface area contributed by atoms with Crippen LogP contribution in [0.2, 0.25) is 0 Å². The smallest absolute Gasteiger partial charge is 0.326 e. The second-order valence-corrected chi connectivity index (χ2v) is 9.93. The van der Waals surface area contributed by atoms with Crippen LogP contribution < -0.4 is 16.8 Å². The van der Waals surface area contributed by atoms with Crippen molar-refractivity contribution in [2.45, 2.75) is 44.9 Å². The molecule has 1 aromatic carbocycles. The zero-order valence-corrected chi connectivity index (χ0v) is 21.5. The molecule has 0 aliphatic carbocycles. The standard InChI is InChI=1S/C28H25N5O7/c1-2-28(14-34)9-24(36)39-13-19-20(28)8-22-25-18(11-33(22)26(19)37)17(16-5-3-4-6-21(16)31-25)10-29-40-12-15-7-23(35)32-27(38)30-15/h3-8,10,34H,2,9,11-14H2,1H3,(H2,30,32,35,38)/b29-10+. The van der Waals surface area contributed by atoms with Gasteiger partial charge in [0.1, 0.15) is 6.61 Å². The maximum Gasteiger partial charge on any atom is 0.326 e. The van der Waals surface area contributed by atoms with Crippen LogP contribution in [0, 0.1) is 0 Å². The number of H-pyrrole nitrogens is 2. The number of carbonyl (C=O) groups is 1. The third-order valence-corrected chi connectivity index (χ3v) is 7.70. The number of nitrogens with zero attached hydrogens (tertiary/aromatic N) is 3. The molecule has 6 rings (SSSR count). The number of aliphatic hydroxyl groups is 1. The Balaban J connectivity index is 1.46. The maximum absolute atomic E-state index is 13.8. The lowest BCUT2D eigenvalue weighted by molar-refractivity contribution is -0.146. The molecule has 0 radical (unpaired) electrons. The Hall–Kier alpha value is -4.84. The van der Waals surface area contributed by atoms with Gasteiger partial charge in [-0.05, 0) is 24.1 Å². The summed E-state index contributed by atoms with van der Waals surface area (Å²) < 4.78 is 6.95.